The van der Waals surface area contributed by atoms with E-state index in [1.165, 1.54) is 11.0 Å². The number of hydrogen-bond acceptors (Lipinski definition) is 7. The first-order valence-corrected chi connectivity index (χ1v) is 10.8. The van der Waals surface area contributed by atoms with Gasteiger partial charge in [-0.1, -0.05) is 12.2 Å². The highest BCUT2D eigenvalue weighted by molar-refractivity contribution is 7.99. The van der Waals surface area contributed by atoms with E-state index in [1.54, 1.807) is 19.1 Å². The Morgan fingerprint density at radius 1 is 1.43 bits per heavy atom. The first-order chi connectivity index (χ1) is 13.5. The number of cyclic esters (lactones) is 1. The van der Waals surface area contributed by atoms with Gasteiger partial charge >= 0.3 is 6.09 Å². The number of halogens is 1. The molecule has 2 saturated heterocycles. The van der Waals surface area contributed by atoms with E-state index in [0.29, 0.717) is 30.4 Å². The van der Waals surface area contributed by atoms with Gasteiger partial charge in [0, 0.05) is 37.2 Å². The molecule has 0 saturated carbocycles. The number of anilines is 1. The highest BCUT2D eigenvalue weighted by atomic mass is 32.2. The Labute approximate surface area is 173 Å². The molecule has 2 N–H and O–H groups in total. The van der Waals surface area contributed by atoms with E-state index in [-0.39, 0.29) is 11.9 Å². The van der Waals surface area contributed by atoms with Gasteiger partial charge in [-0.2, -0.15) is 11.8 Å². The van der Waals surface area contributed by atoms with Crippen LogP contribution in [0.2, 0.25) is 0 Å². The van der Waals surface area contributed by atoms with E-state index in [4.69, 9.17) is 21.7 Å². The Morgan fingerprint density at radius 2 is 2.21 bits per heavy atom. The molecule has 7 nitrogen and oxygen atoms in total. The van der Waals surface area contributed by atoms with Gasteiger partial charge in [-0.05, 0) is 19.1 Å². The summed E-state index contributed by atoms with van der Waals surface area (Å²) < 4.78 is 25.3. The van der Waals surface area contributed by atoms with Crippen molar-refractivity contribution in [2.24, 2.45) is 0 Å². The minimum Gasteiger partial charge on any atom is -0.489 e. The van der Waals surface area contributed by atoms with Crippen molar-refractivity contribution in [3.8, 4) is 5.75 Å². The van der Waals surface area contributed by atoms with E-state index < -0.39 is 11.9 Å². The molecule has 0 bridgehead atoms. The van der Waals surface area contributed by atoms with Crippen LogP contribution in [-0.4, -0.2) is 72.9 Å². The molecule has 0 radical (unpaired) electrons. The lowest BCUT2D eigenvalue weighted by atomic mass is 10.2. The Hall–Kier alpha value is -1.62. The first kappa shape index (κ1) is 21.1. The molecule has 1 aromatic rings. The molecule has 2 fully saturated rings. The summed E-state index contributed by atoms with van der Waals surface area (Å²) in [6, 6.07) is 4.54. The largest absolute Gasteiger partial charge is 0.489 e. The molecule has 0 aromatic heterocycles. The molecule has 2 aliphatic heterocycles. The number of nitrogens with zero attached hydrogens (tertiary/aromatic N) is 2. The number of ether oxygens (including phenoxy) is 2. The highest BCUT2D eigenvalue weighted by Crippen LogP contribution is 2.27. The van der Waals surface area contributed by atoms with E-state index in [1.807, 2.05) is 11.8 Å². The number of benzene rings is 1. The van der Waals surface area contributed by atoms with Crippen molar-refractivity contribution in [2.75, 3.05) is 55.7 Å². The van der Waals surface area contributed by atoms with E-state index in [2.05, 4.69) is 15.8 Å². The van der Waals surface area contributed by atoms with Crippen LogP contribution in [0.15, 0.2) is 18.2 Å². The van der Waals surface area contributed by atoms with Gasteiger partial charge in [0.25, 0.3) is 0 Å². The number of thioether (sulfide) groups is 1. The van der Waals surface area contributed by atoms with Crippen LogP contribution < -0.4 is 20.5 Å². The van der Waals surface area contributed by atoms with Crippen LogP contribution in [0.1, 0.15) is 6.92 Å². The molecule has 2 aliphatic rings. The average molecular weight is 429 g/mol. The molecular formula is C18H25FN4O3S2. The van der Waals surface area contributed by atoms with Gasteiger partial charge in [0.05, 0.1) is 23.8 Å². The number of hydrazine groups is 1. The molecular weight excluding hydrogens is 403 g/mol. The van der Waals surface area contributed by atoms with Crippen molar-refractivity contribution in [3.05, 3.63) is 24.0 Å². The number of amides is 1. The number of thiocarbonyl (C=S) groups is 1. The summed E-state index contributed by atoms with van der Waals surface area (Å²) >= 11 is 6.86. The fourth-order valence-electron chi connectivity index (χ4n) is 3.01. The molecule has 1 amide bonds. The quantitative estimate of drug-likeness (QED) is 0.482. The molecule has 154 valence electrons. The fourth-order valence-corrected chi connectivity index (χ4v) is 4.06. The third-order valence-electron chi connectivity index (χ3n) is 4.46. The average Bonchev–Trinajstić information content (AvgIpc) is 3.04. The van der Waals surface area contributed by atoms with Crippen molar-refractivity contribution in [1.29, 1.82) is 0 Å². The Morgan fingerprint density at radius 3 is 2.93 bits per heavy atom. The Balaban J connectivity index is 1.50. The summed E-state index contributed by atoms with van der Waals surface area (Å²) in [5, 5.41) is 0. The molecule has 0 unspecified atom stereocenters. The van der Waals surface area contributed by atoms with Gasteiger partial charge in [0.1, 0.15) is 12.7 Å². The molecule has 0 aliphatic carbocycles. The number of rotatable bonds is 8. The van der Waals surface area contributed by atoms with Crippen molar-refractivity contribution in [2.45, 2.75) is 13.0 Å². The second kappa shape index (κ2) is 10.2. The number of nitrogens with one attached hydrogen (secondary N) is 2. The molecule has 0 spiro atoms. The van der Waals surface area contributed by atoms with Crippen LogP contribution in [-0.2, 0) is 4.74 Å². The summed E-state index contributed by atoms with van der Waals surface area (Å²) in [6.07, 6.45) is -0.849. The van der Waals surface area contributed by atoms with Crippen LogP contribution in [0.5, 0.6) is 5.75 Å². The van der Waals surface area contributed by atoms with Gasteiger partial charge < -0.3 is 14.9 Å². The van der Waals surface area contributed by atoms with E-state index >= 15 is 0 Å². The molecule has 3 rings (SSSR count). The maximum absolute atomic E-state index is 14.4. The first-order valence-electron chi connectivity index (χ1n) is 9.23. The van der Waals surface area contributed by atoms with Crippen molar-refractivity contribution >= 4 is 40.7 Å². The zero-order valence-corrected chi connectivity index (χ0v) is 17.4. The lowest BCUT2D eigenvalue weighted by Gasteiger charge is -2.25. The van der Waals surface area contributed by atoms with Crippen LogP contribution in [0, 0.1) is 5.82 Å². The number of carbonyl (C=O) groups excluding carboxylic acids is 1. The summed E-state index contributed by atoms with van der Waals surface area (Å²) in [4.78, 5) is 16.4. The number of carbonyl (C=O) groups is 1. The lowest BCUT2D eigenvalue weighted by molar-refractivity contribution is 0.139. The zero-order valence-electron chi connectivity index (χ0n) is 15.8. The van der Waals surface area contributed by atoms with E-state index in [0.717, 1.165) is 31.1 Å². The minimum atomic E-state index is -0.498. The van der Waals surface area contributed by atoms with Gasteiger partial charge in [0.2, 0.25) is 0 Å². The summed E-state index contributed by atoms with van der Waals surface area (Å²) in [5.74, 6) is 1.97. The summed E-state index contributed by atoms with van der Waals surface area (Å²) in [7, 11) is 0. The number of hydrogen-bond donors (Lipinski definition) is 2. The van der Waals surface area contributed by atoms with E-state index in [9.17, 15) is 9.18 Å². The second-order valence-electron chi connectivity index (χ2n) is 6.60. The molecule has 1 aromatic carbocycles. The molecule has 2 heterocycles. The minimum absolute atomic E-state index is 0.196. The van der Waals surface area contributed by atoms with Gasteiger partial charge in [-0.15, -0.1) is 0 Å². The standard InChI is InChI=1S/C18H25FN4O3S2/c1-13(27)21-20-11-15-12-23(18(24)26-15)14-2-3-17(16(19)10-14)25-7-4-22-5-8-28-9-6-22/h2-3,10,15,20H,4-9,11-12H2,1H3,(H,21,27)/t15-/m0/s1. The zero-order chi connectivity index (χ0) is 19.9. The molecule has 28 heavy (non-hydrogen) atoms. The Kier molecular flexibility index (Phi) is 7.72. The maximum atomic E-state index is 14.4. The summed E-state index contributed by atoms with van der Waals surface area (Å²) in [6.45, 7) is 5.78. The second-order valence-corrected chi connectivity index (χ2v) is 8.43. The predicted octanol–water partition coefficient (Wildman–Crippen LogP) is 2.02. The SMILES string of the molecule is CC(=S)NNC[C@H]1CN(c2ccc(OCCN3CCSCC3)c(F)c2)C(=O)O1. The van der Waals surface area contributed by atoms with Crippen LogP contribution >= 0.6 is 24.0 Å². The molecule has 1 atom stereocenters. The third-order valence-corrected chi connectivity index (χ3v) is 5.51. The predicted molar refractivity (Wildman–Crippen MR) is 113 cm³/mol. The van der Waals surface area contributed by atoms with Crippen LogP contribution in [0.3, 0.4) is 0 Å². The van der Waals surface area contributed by atoms with Crippen LogP contribution in [0.25, 0.3) is 0 Å². The molecule has 10 heteroatoms. The third kappa shape index (κ3) is 5.94. The van der Waals surface area contributed by atoms with Crippen molar-refractivity contribution in [1.82, 2.24) is 15.8 Å². The topological polar surface area (TPSA) is 66.1 Å². The van der Waals surface area contributed by atoms with Gasteiger partial charge in [-0.3, -0.25) is 9.80 Å². The van der Waals surface area contributed by atoms with Crippen molar-refractivity contribution < 1.29 is 18.7 Å². The highest BCUT2D eigenvalue weighted by Gasteiger charge is 2.32. The van der Waals surface area contributed by atoms with Gasteiger partial charge in [0.15, 0.2) is 11.6 Å². The van der Waals surface area contributed by atoms with Crippen LogP contribution in [0.4, 0.5) is 14.9 Å². The summed E-state index contributed by atoms with van der Waals surface area (Å²) in [5.41, 5.74) is 6.14. The normalized spacial score (nSPS) is 20.1. The monoisotopic (exact) mass is 428 g/mol. The van der Waals surface area contributed by atoms with Gasteiger partial charge in [-0.25, -0.2) is 14.6 Å². The Bertz CT molecular complexity index is 703. The maximum Gasteiger partial charge on any atom is 0.414 e. The lowest BCUT2D eigenvalue weighted by Crippen LogP contribution is -2.41. The van der Waals surface area contributed by atoms with Crippen molar-refractivity contribution in [3.63, 3.8) is 0 Å². The fraction of sp³-hybridized carbons (Fsp3) is 0.556. The smallest absolute Gasteiger partial charge is 0.414 e.